The van der Waals surface area contributed by atoms with Crippen LogP contribution in [0, 0.1) is 13.8 Å². The van der Waals surface area contributed by atoms with E-state index in [1.54, 1.807) is 22.4 Å². The van der Waals surface area contributed by atoms with Crippen molar-refractivity contribution in [2.75, 3.05) is 17.3 Å². The fraction of sp³-hybridized carbons (Fsp3) is 0.200. The van der Waals surface area contributed by atoms with Gasteiger partial charge in [0.2, 0.25) is 5.13 Å². The first kappa shape index (κ1) is 21.8. The lowest BCUT2D eigenvalue weighted by atomic mass is 9.98. The molecule has 0 amide bonds. The molecule has 10 nitrogen and oxygen atoms in total. The molecule has 1 aromatic heterocycles. The number of benzene rings is 1. The highest BCUT2D eigenvalue weighted by molar-refractivity contribution is 7.85. The summed E-state index contributed by atoms with van der Waals surface area (Å²) in [5, 5.41) is 8.40. The molecule has 4 rings (SSSR count). The van der Waals surface area contributed by atoms with E-state index in [-0.39, 0.29) is 11.3 Å². The Bertz CT molecular complexity index is 1300. The van der Waals surface area contributed by atoms with Gasteiger partial charge in [-0.15, -0.1) is 10.2 Å². The molecule has 0 fully saturated rings. The van der Waals surface area contributed by atoms with Crippen molar-refractivity contribution in [2.45, 2.75) is 25.2 Å². The lowest BCUT2D eigenvalue weighted by molar-refractivity contribution is 0.299. The topological polar surface area (TPSA) is 124 Å². The standard InChI is InChI=1S/C20H19N5O5S2/c1-12-13(2)31-20(21-12)25-23-19(14-4-9-18(30-3)15(10-14)11-26)22-24(25)16-5-7-17(8-6-16)32(27,28)29/h4-9H,10H2,1-3H3,(H,22,23)(H,27,28,29). The first-order valence-electron chi connectivity index (χ1n) is 9.38. The van der Waals surface area contributed by atoms with E-state index >= 15 is 0 Å². The summed E-state index contributed by atoms with van der Waals surface area (Å²) in [5.74, 6) is 2.83. The zero-order valence-corrected chi connectivity index (χ0v) is 19.0. The van der Waals surface area contributed by atoms with Gasteiger partial charge in [0.15, 0.2) is 5.84 Å². The molecule has 1 aromatic carbocycles. The van der Waals surface area contributed by atoms with E-state index in [0.29, 0.717) is 28.0 Å². The molecular formula is C20H19N5O5S2. The molecule has 2 aliphatic rings. The van der Waals surface area contributed by atoms with Gasteiger partial charge in [0.1, 0.15) is 11.7 Å². The van der Waals surface area contributed by atoms with Crippen LogP contribution >= 0.6 is 11.3 Å². The van der Waals surface area contributed by atoms with Crippen molar-refractivity contribution in [3.63, 3.8) is 0 Å². The zero-order chi connectivity index (χ0) is 23.0. The summed E-state index contributed by atoms with van der Waals surface area (Å²) < 4.78 is 37.2. The van der Waals surface area contributed by atoms with Crippen molar-refractivity contribution in [1.29, 1.82) is 0 Å². The number of nitrogens with one attached hydrogen (secondary N) is 1. The van der Waals surface area contributed by atoms with E-state index in [2.05, 4.69) is 15.5 Å². The molecule has 0 saturated carbocycles. The van der Waals surface area contributed by atoms with Gasteiger partial charge in [0.05, 0.1) is 29.0 Å². The van der Waals surface area contributed by atoms with E-state index in [9.17, 15) is 17.8 Å². The van der Waals surface area contributed by atoms with Gasteiger partial charge in [0.25, 0.3) is 10.1 Å². The van der Waals surface area contributed by atoms with Crippen molar-refractivity contribution >= 4 is 44.1 Å². The summed E-state index contributed by atoms with van der Waals surface area (Å²) in [5.41, 5.74) is 5.70. The van der Waals surface area contributed by atoms with Gasteiger partial charge in [-0.1, -0.05) is 17.4 Å². The van der Waals surface area contributed by atoms with E-state index < -0.39 is 10.1 Å². The van der Waals surface area contributed by atoms with E-state index in [1.165, 1.54) is 42.7 Å². The Morgan fingerprint density at radius 2 is 1.94 bits per heavy atom. The van der Waals surface area contributed by atoms with E-state index in [4.69, 9.17) is 4.74 Å². The third-order valence-electron chi connectivity index (χ3n) is 4.91. The average molecular weight is 474 g/mol. The summed E-state index contributed by atoms with van der Waals surface area (Å²) in [7, 11) is -2.83. The molecule has 166 valence electrons. The number of aromatic nitrogens is 1. The summed E-state index contributed by atoms with van der Waals surface area (Å²) >= 11 is 1.45. The fourth-order valence-corrected chi connectivity index (χ4v) is 4.44. The van der Waals surface area contributed by atoms with Gasteiger partial charge >= 0.3 is 0 Å². The summed E-state index contributed by atoms with van der Waals surface area (Å²) in [6.45, 7) is 3.86. The van der Waals surface area contributed by atoms with Crippen molar-refractivity contribution < 1.29 is 22.5 Å². The van der Waals surface area contributed by atoms with Crippen molar-refractivity contribution in [3.8, 4) is 0 Å². The highest BCUT2D eigenvalue weighted by atomic mass is 32.2. The van der Waals surface area contributed by atoms with Gasteiger partial charge in [-0.2, -0.15) is 13.5 Å². The van der Waals surface area contributed by atoms with Crippen LogP contribution in [0.2, 0.25) is 0 Å². The predicted molar refractivity (Wildman–Crippen MR) is 120 cm³/mol. The van der Waals surface area contributed by atoms with Crippen LogP contribution in [0.1, 0.15) is 17.0 Å². The molecule has 0 atom stereocenters. The van der Waals surface area contributed by atoms with E-state index in [1.807, 2.05) is 19.8 Å². The number of ether oxygens (including phenoxy) is 1. The molecule has 32 heavy (non-hydrogen) atoms. The Hall–Kier alpha value is -3.44. The van der Waals surface area contributed by atoms with Crippen LogP contribution in [-0.2, 0) is 19.6 Å². The van der Waals surface area contributed by atoms with Crippen LogP contribution in [0.25, 0.3) is 0 Å². The van der Waals surface area contributed by atoms with Crippen LogP contribution in [0.5, 0.6) is 0 Å². The number of hydrogen-bond donors (Lipinski definition) is 2. The second-order valence-corrected chi connectivity index (χ2v) is 9.56. The smallest absolute Gasteiger partial charge is 0.294 e. The first-order valence-corrected chi connectivity index (χ1v) is 11.6. The largest absolute Gasteiger partial charge is 0.496 e. The van der Waals surface area contributed by atoms with Gasteiger partial charge in [0, 0.05) is 16.9 Å². The Labute approximate surface area is 188 Å². The Morgan fingerprint density at radius 3 is 2.50 bits per heavy atom. The van der Waals surface area contributed by atoms with Crippen LogP contribution in [0.3, 0.4) is 0 Å². The normalized spacial score (nSPS) is 16.2. The number of hydrazine groups is 2. The van der Waals surface area contributed by atoms with Gasteiger partial charge in [-0.05, 0) is 44.2 Å². The first-order chi connectivity index (χ1) is 15.2. The highest BCUT2D eigenvalue weighted by Gasteiger charge is 2.31. The number of allylic oxidation sites excluding steroid dienone is 3. The van der Waals surface area contributed by atoms with E-state index in [0.717, 1.165) is 16.1 Å². The number of rotatable bonds is 5. The van der Waals surface area contributed by atoms with Crippen LogP contribution in [0.15, 0.2) is 63.3 Å². The molecule has 0 saturated heterocycles. The number of aryl methyl sites for hydroxylation is 2. The molecule has 0 spiro atoms. The molecule has 0 unspecified atom stereocenters. The molecule has 1 aliphatic heterocycles. The number of methoxy groups -OCH3 is 1. The predicted octanol–water partition coefficient (Wildman–Crippen LogP) is 2.68. The third kappa shape index (κ3) is 4.04. The molecule has 2 N–H and O–H groups in total. The number of hydrogen-bond acceptors (Lipinski definition) is 10. The lowest BCUT2D eigenvalue weighted by Crippen LogP contribution is -2.45. The number of nitrogens with zero attached hydrogens (tertiary/aromatic N) is 4. The maximum Gasteiger partial charge on any atom is 0.294 e. The second-order valence-electron chi connectivity index (χ2n) is 6.95. The number of anilines is 2. The van der Waals surface area contributed by atoms with Crippen molar-refractivity contribution in [1.82, 2.24) is 10.4 Å². The monoisotopic (exact) mass is 473 g/mol. The van der Waals surface area contributed by atoms with Gasteiger partial charge < -0.3 is 4.74 Å². The Kier molecular flexibility index (Phi) is 5.61. The minimum Gasteiger partial charge on any atom is -0.496 e. The molecule has 1 aliphatic carbocycles. The maximum absolute atomic E-state index is 11.4. The van der Waals surface area contributed by atoms with Crippen LogP contribution in [0.4, 0.5) is 10.8 Å². The number of thiazole rings is 1. The van der Waals surface area contributed by atoms with Gasteiger partial charge in [-0.3, -0.25) is 9.98 Å². The molecule has 12 heteroatoms. The Morgan fingerprint density at radius 1 is 1.22 bits per heavy atom. The summed E-state index contributed by atoms with van der Waals surface area (Å²) in [6, 6.07) is 5.65. The number of hydrazone groups is 1. The maximum atomic E-state index is 11.4. The third-order valence-corrected chi connectivity index (χ3v) is 6.82. The molecule has 0 radical (unpaired) electrons. The highest BCUT2D eigenvalue weighted by Crippen LogP contribution is 2.33. The van der Waals surface area contributed by atoms with Crippen LogP contribution in [-0.4, -0.2) is 36.8 Å². The minimum atomic E-state index is -4.31. The summed E-state index contributed by atoms with van der Waals surface area (Å²) in [6.07, 6.45) is 3.75. The summed E-state index contributed by atoms with van der Waals surface area (Å²) in [4.78, 5) is 16.7. The number of carbonyl (C=O) groups excluding carboxylic acids is 1. The number of amidine groups is 1. The average Bonchev–Trinajstić information content (AvgIpc) is 3.36. The lowest BCUT2D eigenvalue weighted by Gasteiger charge is -2.26. The molecule has 0 bridgehead atoms. The zero-order valence-electron chi connectivity index (χ0n) is 17.4. The van der Waals surface area contributed by atoms with Gasteiger partial charge in [-0.25, -0.2) is 9.78 Å². The fourth-order valence-electron chi connectivity index (χ4n) is 3.10. The molecule has 2 heterocycles. The second kappa shape index (κ2) is 8.24. The van der Waals surface area contributed by atoms with Crippen LogP contribution < -0.4 is 15.7 Å². The minimum absolute atomic E-state index is 0.220. The molecular weight excluding hydrogens is 454 g/mol. The molecule has 2 aromatic rings. The van der Waals surface area contributed by atoms with Crippen molar-refractivity contribution in [2.24, 2.45) is 5.10 Å². The van der Waals surface area contributed by atoms with Crippen molar-refractivity contribution in [3.05, 3.63) is 63.9 Å². The quantitative estimate of drug-likeness (QED) is 0.498. The Balaban J connectivity index is 1.73. The SMILES string of the molecule is COC1=CC=C(C2=NN(c3nc(C)c(C)s3)N(c3ccc(S(=O)(=O)O)cc3)N2)CC1=C=O.